The first kappa shape index (κ1) is 17.3. The molecule has 0 bridgehead atoms. The molecule has 0 saturated carbocycles. The number of nitrogens with two attached hydrogens (primary N) is 1. The van der Waals surface area contributed by atoms with Crippen LogP contribution in [0, 0.1) is 5.82 Å². The average Bonchev–Trinajstić information content (AvgIpc) is 2.51. The van der Waals surface area contributed by atoms with Crippen molar-refractivity contribution in [3.05, 3.63) is 36.2 Å². The fourth-order valence-corrected chi connectivity index (χ4v) is 2.64. The Hall–Kier alpha value is -2.08. The van der Waals surface area contributed by atoms with Crippen molar-refractivity contribution in [2.24, 2.45) is 0 Å². The molecule has 5 nitrogen and oxygen atoms in total. The van der Waals surface area contributed by atoms with Crippen LogP contribution in [0.15, 0.2) is 30.4 Å². The fourth-order valence-electron chi connectivity index (χ4n) is 2.64. The van der Waals surface area contributed by atoms with Crippen molar-refractivity contribution in [2.45, 2.75) is 25.8 Å². The van der Waals surface area contributed by atoms with Gasteiger partial charge in [0.25, 0.3) is 0 Å². The van der Waals surface area contributed by atoms with Crippen molar-refractivity contribution in [3.8, 4) is 0 Å². The summed E-state index contributed by atoms with van der Waals surface area (Å²) in [5.74, 6) is -0.662. The van der Waals surface area contributed by atoms with Crippen LogP contribution in [0.2, 0.25) is 0 Å². The number of carbonyl (C=O) groups excluding carboxylic acids is 1. The second-order valence-electron chi connectivity index (χ2n) is 5.93. The first-order chi connectivity index (χ1) is 11.0. The Morgan fingerprint density at radius 2 is 2.35 bits per heavy atom. The standard InChI is InChI=1S/C17H24FN3O2/c1-12(2)17(22)23-9-8-21-7-3-4-14(11-21)20-16-10-13(18)5-6-15(16)19/h5-6,10,14,20H,1,3-4,7-9,11,19H2,2H3/t14-/m1/s1. The van der Waals surface area contributed by atoms with E-state index >= 15 is 0 Å². The van der Waals surface area contributed by atoms with Crippen molar-refractivity contribution in [3.63, 3.8) is 0 Å². The topological polar surface area (TPSA) is 67.6 Å². The van der Waals surface area contributed by atoms with E-state index in [-0.39, 0.29) is 17.8 Å². The minimum atomic E-state index is -0.357. The zero-order chi connectivity index (χ0) is 16.8. The Bertz CT molecular complexity index is 577. The van der Waals surface area contributed by atoms with E-state index in [1.54, 1.807) is 13.0 Å². The van der Waals surface area contributed by atoms with Crippen molar-refractivity contribution >= 4 is 17.3 Å². The largest absolute Gasteiger partial charge is 0.461 e. The molecule has 0 aliphatic carbocycles. The summed E-state index contributed by atoms with van der Waals surface area (Å²) in [5.41, 5.74) is 7.45. The summed E-state index contributed by atoms with van der Waals surface area (Å²) < 4.78 is 18.4. The van der Waals surface area contributed by atoms with Gasteiger partial charge in [0.2, 0.25) is 0 Å². The average molecular weight is 321 g/mol. The highest BCUT2D eigenvalue weighted by Gasteiger charge is 2.20. The van der Waals surface area contributed by atoms with Gasteiger partial charge in [-0.3, -0.25) is 4.90 Å². The minimum Gasteiger partial charge on any atom is -0.461 e. The highest BCUT2D eigenvalue weighted by Crippen LogP contribution is 2.22. The van der Waals surface area contributed by atoms with Gasteiger partial charge in [-0.2, -0.15) is 0 Å². The molecule has 0 spiro atoms. The van der Waals surface area contributed by atoms with Gasteiger partial charge in [-0.05, 0) is 44.5 Å². The number of rotatable bonds is 6. The number of benzene rings is 1. The number of hydrogen-bond donors (Lipinski definition) is 2. The Morgan fingerprint density at radius 3 is 3.09 bits per heavy atom. The summed E-state index contributed by atoms with van der Waals surface area (Å²) in [6, 6.07) is 4.53. The molecule has 23 heavy (non-hydrogen) atoms. The van der Waals surface area contributed by atoms with Gasteiger partial charge in [0.15, 0.2) is 0 Å². The molecule has 6 heteroatoms. The number of anilines is 2. The maximum absolute atomic E-state index is 13.3. The number of nitrogens with one attached hydrogen (secondary N) is 1. The van der Waals surface area contributed by atoms with Gasteiger partial charge < -0.3 is 15.8 Å². The van der Waals surface area contributed by atoms with E-state index in [1.165, 1.54) is 12.1 Å². The molecule has 0 unspecified atom stereocenters. The smallest absolute Gasteiger partial charge is 0.333 e. The molecule has 1 saturated heterocycles. The molecule has 1 aliphatic heterocycles. The lowest BCUT2D eigenvalue weighted by atomic mass is 10.1. The molecule has 0 aromatic heterocycles. The highest BCUT2D eigenvalue weighted by molar-refractivity contribution is 5.86. The van der Waals surface area contributed by atoms with Crippen LogP contribution in [0.3, 0.4) is 0 Å². The van der Waals surface area contributed by atoms with Crippen LogP contribution in [0.25, 0.3) is 0 Å². The van der Waals surface area contributed by atoms with Gasteiger partial charge >= 0.3 is 5.97 Å². The summed E-state index contributed by atoms with van der Waals surface area (Å²) in [6.45, 7) is 7.98. The zero-order valence-corrected chi connectivity index (χ0v) is 13.5. The normalized spacial score (nSPS) is 18.4. The zero-order valence-electron chi connectivity index (χ0n) is 13.5. The molecule has 0 amide bonds. The third kappa shape index (κ3) is 5.25. The van der Waals surface area contributed by atoms with E-state index < -0.39 is 0 Å². The first-order valence-corrected chi connectivity index (χ1v) is 7.82. The predicted octanol–water partition coefficient (Wildman–Crippen LogP) is 2.40. The number of halogens is 1. The van der Waals surface area contributed by atoms with Crippen LogP contribution in [0.1, 0.15) is 19.8 Å². The number of likely N-dealkylation sites (tertiary alicyclic amines) is 1. The van der Waals surface area contributed by atoms with Crippen LogP contribution >= 0.6 is 0 Å². The summed E-state index contributed by atoms with van der Waals surface area (Å²) in [7, 11) is 0. The third-order valence-corrected chi connectivity index (χ3v) is 3.87. The van der Waals surface area contributed by atoms with E-state index in [1.807, 2.05) is 0 Å². The maximum Gasteiger partial charge on any atom is 0.333 e. The lowest BCUT2D eigenvalue weighted by Crippen LogP contribution is -2.43. The van der Waals surface area contributed by atoms with Gasteiger partial charge in [-0.1, -0.05) is 6.58 Å². The summed E-state index contributed by atoms with van der Waals surface area (Å²) in [4.78, 5) is 13.6. The fraction of sp³-hybridized carbons (Fsp3) is 0.471. The molecule has 0 radical (unpaired) electrons. The molecule has 3 N–H and O–H groups in total. The van der Waals surface area contributed by atoms with Crippen molar-refractivity contribution in [2.75, 3.05) is 37.3 Å². The van der Waals surface area contributed by atoms with Gasteiger partial charge in [-0.25, -0.2) is 9.18 Å². The van der Waals surface area contributed by atoms with Crippen molar-refractivity contribution in [1.82, 2.24) is 4.90 Å². The molecular weight excluding hydrogens is 297 g/mol. The van der Waals surface area contributed by atoms with E-state index in [9.17, 15) is 9.18 Å². The molecule has 126 valence electrons. The molecule has 1 heterocycles. The van der Waals surface area contributed by atoms with Gasteiger partial charge in [0, 0.05) is 24.7 Å². The minimum absolute atomic E-state index is 0.199. The lowest BCUT2D eigenvalue weighted by molar-refractivity contribution is -0.139. The number of nitrogens with zero attached hydrogens (tertiary/aromatic N) is 1. The van der Waals surface area contributed by atoms with E-state index in [4.69, 9.17) is 10.5 Å². The van der Waals surface area contributed by atoms with Crippen LogP contribution in [-0.2, 0) is 9.53 Å². The second kappa shape index (κ2) is 7.97. The molecule has 1 aliphatic rings. The second-order valence-corrected chi connectivity index (χ2v) is 5.93. The van der Waals surface area contributed by atoms with Crippen molar-refractivity contribution in [1.29, 1.82) is 0 Å². The molecule has 1 aromatic carbocycles. The van der Waals surface area contributed by atoms with Crippen molar-refractivity contribution < 1.29 is 13.9 Å². The number of esters is 1. The molecule has 2 rings (SSSR count). The van der Waals surface area contributed by atoms with Crippen LogP contribution in [0.4, 0.5) is 15.8 Å². The van der Waals surface area contributed by atoms with Gasteiger partial charge in [0.05, 0.1) is 11.4 Å². The number of piperidine rings is 1. The maximum atomic E-state index is 13.3. The summed E-state index contributed by atoms with van der Waals surface area (Å²) >= 11 is 0. The Labute approximate surface area is 136 Å². The highest BCUT2D eigenvalue weighted by atomic mass is 19.1. The Kier molecular flexibility index (Phi) is 5.98. The number of carbonyl (C=O) groups is 1. The predicted molar refractivity (Wildman–Crippen MR) is 89.7 cm³/mol. The number of ether oxygens (including phenoxy) is 1. The SMILES string of the molecule is C=C(C)C(=O)OCCN1CCC[C@@H](Nc2cc(F)ccc2N)C1. The van der Waals surface area contributed by atoms with Gasteiger partial charge in [0.1, 0.15) is 12.4 Å². The lowest BCUT2D eigenvalue weighted by Gasteiger charge is -2.33. The monoisotopic (exact) mass is 321 g/mol. The van der Waals surface area contributed by atoms with Crippen LogP contribution in [0.5, 0.6) is 0 Å². The molecular formula is C17H24FN3O2. The molecule has 1 aromatic rings. The molecule has 1 atom stereocenters. The Balaban J connectivity index is 1.82. The van der Waals surface area contributed by atoms with Gasteiger partial charge in [-0.15, -0.1) is 0 Å². The third-order valence-electron chi connectivity index (χ3n) is 3.87. The quantitative estimate of drug-likeness (QED) is 0.478. The summed E-state index contributed by atoms with van der Waals surface area (Å²) in [6.07, 6.45) is 2.03. The van der Waals surface area contributed by atoms with E-state index in [0.29, 0.717) is 30.1 Å². The summed E-state index contributed by atoms with van der Waals surface area (Å²) in [5, 5.41) is 3.31. The Morgan fingerprint density at radius 1 is 1.57 bits per heavy atom. The first-order valence-electron chi connectivity index (χ1n) is 7.82. The molecule has 1 fully saturated rings. The van der Waals surface area contributed by atoms with Crippen LogP contribution in [-0.4, -0.2) is 43.2 Å². The van der Waals surface area contributed by atoms with E-state index in [2.05, 4.69) is 16.8 Å². The van der Waals surface area contributed by atoms with E-state index in [0.717, 1.165) is 25.9 Å². The van der Waals surface area contributed by atoms with Crippen LogP contribution < -0.4 is 11.1 Å². The number of hydrogen-bond acceptors (Lipinski definition) is 5. The number of nitrogen functional groups attached to an aromatic ring is 1.